The zero-order chi connectivity index (χ0) is 21.1. The molecule has 0 aliphatic heterocycles. The molecule has 1 amide bonds. The molecule has 160 valence electrons. The topological polar surface area (TPSA) is 103 Å². The fourth-order valence-corrected chi connectivity index (χ4v) is 4.83. The van der Waals surface area contributed by atoms with Crippen LogP contribution in [0, 0.1) is 5.41 Å². The number of hydrogen-bond donors (Lipinski definition) is 2. The van der Waals surface area contributed by atoms with Gasteiger partial charge in [-0.1, -0.05) is 59.3 Å². The number of hydrogen-bond acceptors (Lipinski definition) is 4. The van der Waals surface area contributed by atoms with E-state index >= 15 is 0 Å². The standard InChI is InChI=1S/C20H40N2O4S/c1-7-10-13-20(14-11-8-2,15-12-9-3)19(5,27(24,25)26)16-22-18(23)17(4)21-6/h21H,4,7-16H2,1-3,5-6H3,(H,22,23)(H,24,25,26). The van der Waals surface area contributed by atoms with Crippen molar-refractivity contribution in [1.82, 2.24) is 5.32 Å². The number of amides is 1. The fraction of sp³-hybridized carbons (Fsp3) is 0.850. The van der Waals surface area contributed by atoms with Gasteiger partial charge >= 0.3 is 5.91 Å². The number of carbonyl (C=O) groups is 1. The minimum absolute atomic E-state index is 0.179. The van der Waals surface area contributed by atoms with E-state index in [-0.39, 0.29) is 12.2 Å². The molecule has 7 heteroatoms. The molecule has 0 aromatic heterocycles. The zero-order valence-electron chi connectivity index (χ0n) is 17.9. The quantitative estimate of drug-likeness (QED) is 0.323. The molecule has 0 rings (SSSR count). The van der Waals surface area contributed by atoms with Crippen LogP contribution < -0.4 is 10.6 Å². The second-order valence-electron chi connectivity index (χ2n) is 7.77. The molecule has 1 unspecified atom stereocenters. The first-order chi connectivity index (χ1) is 12.5. The van der Waals surface area contributed by atoms with E-state index in [1.807, 2.05) is 0 Å². The number of quaternary nitrogens is 1. The highest BCUT2D eigenvalue weighted by Crippen LogP contribution is 2.49. The minimum Gasteiger partial charge on any atom is -0.747 e. The molecule has 1 atom stereocenters. The second-order valence-corrected chi connectivity index (χ2v) is 9.58. The lowest BCUT2D eigenvalue weighted by molar-refractivity contribution is -0.569. The smallest absolute Gasteiger partial charge is 0.304 e. The molecular formula is C20H40N2O4S. The first-order valence-corrected chi connectivity index (χ1v) is 11.7. The Hall–Kier alpha value is -0.920. The maximum Gasteiger partial charge on any atom is 0.304 e. The average Bonchev–Trinajstić information content (AvgIpc) is 2.63. The van der Waals surface area contributed by atoms with Crippen molar-refractivity contribution in [3.05, 3.63) is 12.3 Å². The lowest BCUT2D eigenvalue weighted by Crippen LogP contribution is -2.79. The molecule has 0 aliphatic rings. The Labute approximate surface area is 166 Å². The van der Waals surface area contributed by atoms with Crippen molar-refractivity contribution in [1.29, 1.82) is 0 Å². The Morgan fingerprint density at radius 1 is 1.04 bits per heavy atom. The van der Waals surface area contributed by atoms with E-state index in [4.69, 9.17) is 0 Å². The molecule has 0 aromatic carbocycles. The highest BCUT2D eigenvalue weighted by Gasteiger charge is 2.51. The van der Waals surface area contributed by atoms with Crippen LogP contribution in [-0.4, -0.2) is 37.2 Å². The van der Waals surface area contributed by atoms with E-state index in [2.05, 4.69) is 32.7 Å². The Morgan fingerprint density at radius 3 is 1.74 bits per heavy atom. The molecule has 0 aromatic rings. The van der Waals surface area contributed by atoms with Gasteiger partial charge in [-0.3, -0.25) is 4.79 Å². The highest BCUT2D eigenvalue weighted by atomic mass is 32.2. The van der Waals surface area contributed by atoms with Crippen LogP contribution in [0.1, 0.15) is 85.5 Å². The van der Waals surface area contributed by atoms with E-state index in [9.17, 15) is 17.8 Å². The number of nitrogens with one attached hydrogen (secondary N) is 1. The van der Waals surface area contributed by atoms with Crippen molar-refractivity contribution in [3.63, 3.8) is 0 Å². The molecule has 27 heavy (non-hydrogen) atoms. The van der Waals surface area contributed by atoms with Crippen LogP contribution in [0.5, 0.6) is 0 Å². The van der Waals surface area contributed by atoms with E-state index in [1.165, 1.54) is 6.92 Å². The summed E-state index contributed by atoms with van der Waals surface area (Å²) in [6.07, 6.45) is 7.43. The predicted octanol–water partition coefficient (Wildman–Crippen LogP) is 2.67. The molecular weight excluding hydrogens is 364 g/mol. The number of rotatable bonds is 15. The summed E-state index contributed by atoms with van der Waals surface area (Å²) in [6, 6.07) is 0. The normalized spacial score (nSPS) is 14.6. The number of nitrogens with two attached hydrogens (primary N) is 1. The third-order valence-corrected chi connectivity index (χ3v) is 7.61. The van der Waals surface area contributed by atoms with Crippen LogP contribution in [0.2, 0.25) is 0 Å². The zero-order valence-corrected chi connectivity index (χ0v) is 18.7. The third kappa shape index (κ3) is 6.88. The summed E-state index contributed by atoms with van der Waals surface area (Å²) in [7, 11) is -2.95. The molecule has 0 bridgehead atoms. The Balaban J connectivity index is 6.07. The summed E-state index contributed by atoms with van der Waals surface area (Å²) in [4.78, 5) is 12.2. The first kappa shape index (κ1) is 26.1. The fourth-order valence-electron chi connectivity index (χ4n) is 3.75. The highest BCUT2D eigenvalue weighted by molar-refractivity contribution is 7.87. The minimum atomic E-state index is -4.65. The van der Waals surface area contributed by atoms with Gasteiger partial charge < -0.3 is 15.2 Å². The lowest BCUT2D eigenvalue weighted by atomic mass is 9.65. The van der Waals surface area contributed by atoms with Crippen molar-refractivity contribution < 1.29 is 23.1 Å². The van der Waals surface area contributed by atoms with Crippen molar-refractivity contribution in [2.45, 2.75) is 90.2 Å². The van der Waals surface area contributed by atoms with Crippen molar-refractivity contribution in [2.24, 2.45) is 5.41 Å². The van der Waals surface area contributed by atoms with Gasteiger partial charge in [0, 0.05) is 6.54 Å². The molecule has 3 N–H and O–H groups in total. The van der Waals surface area contributed by atoms with Crippen LogP contribution in [0.3, 0.4) is 0 Å². The van der Waals surface area contributed by atoms with Crippen LogP contribution in [0.25, 0.3) is 0 Å². The van der Waals surface area contributed by atoms with Gasteiger partial charge in [0.05, 0.1) is 11.8 Å². The maximum atomic E-state index is 12.5. The van der Waals surface area contributed by atoms with Crippen LogP contribution in [0.4, 0.5) is 0 Å². The van der Waals surface area contributed by atoms with Crippen molar-refractivity contribution in [3.8, 4) is 0 Å². The Morgan fingerprint density at radius 2 is 1.44 bits per heavy atom. The van der Waals surface area contributed by atoms with Crippen molar-refractivity contribution >= 4 is 16.0 Å². The van der Waals surface area contributed by atoms with E-state index < -0.39 is 26.2 Å². The molecule has 0 fully saturated rings. The molecule has 0 aliphatic carbocycles. The monoisotopic (exact) mass is 404 g/mol. The molecule has 0 saturated heterocycles. The summed E-state index contributed by atoms with van der Waals surface area (Å²) >= 11 is 0. The number of carbonyl (C=O) groups excluding carboxylic acids is 1. The Kier molecular flexibility index (Phi) is 11.4. The second kappa shape index (κ2) is 11.8. The van der Waals surface area contributed by atoms with Gasteiger partial charge in [0.15, 0.2) is 5.70 Å². The summed E-state index contributed by atoms with van der Waals surface area (Å²) in [5.41, 5.74) is -0.373. The van der Waals surface area contributed by atoms with Crippen LogP contribution in [0.15, 0.2) is 12.3 Å². The molecule has 0 radical (unpaired) electrons. The predicted molar refractivity (Wildman–Crippen MR) is 109 cm³/mol. The van der Waals surface area contributed by atoms with Gasteiger partial charge in [-0.15, -0.1) is 0 Å². The van der Waals surface area contributed by atoms with E-state index in [1.54, 1.807) is 12.4 Å². The molecule has 0 saturated carbocycles. The van der Waals surface area contributed by atoms with Gasteiger partial charge in [-0.05, 0) is 38.2 Å². The average molecular weight is 405 g/mol. The maximum absolute atomic E-state index is 12.5. The summed E-state index contributed by atoms with van der Waals surface area (Å²) in [6.45, 7) is 11.2. The van der Waals surface area contributed by atoms with Gasteiger partial charge in [-0.25, -0.2) is 8.42 Å². The largest absolute Gasteiger partial charge is 0.747 e. The molecule has 0 heterocycles. The molecule has 6 nitrogen and oxygen atoms in total. The van der Waals surface area contributed by atoms with Crippen LogP contribution in [-0.2, 0) is 14.9 Å². The van der Waals surface area contributed by atoms with E-state index in [0.29, 0.717) is 19.3 Å². The van der Waals surface area contributed by atoms with Crippen LogP contribution >= 0.6 is 0 Å². The molecule has 0 spiro atoms. The SMILES string of the molecule is C=C([NH2+]C)C(=O)NCC(C)(C(CCCC)(CCCC)CCCC)S(=O)(=O)[O-]. The van der Waals surface area contributed by atoms with Gasteiger partial charge in [-0.2, -0.15) is 0 Å². The first-order valence-electron chi connectivity index (χ1n) is 10.3. The summed E-state index contributed by atoms with van der Waals surface area (Å²) < 4.78 is 36.0. The van der Waals surface area contributed by atoms with E-state index in [0.717, 1.165) is 38.5 Å². The third-order valence-electron chi connectivity index (χ3n) is 5.93. The van der Waals surface area contributed by atoms with Gasteiger partial charge in [0.2, 0.25) is 0 Å². The lowest BCUT2D eigenvalue weighted by Gasteiger charge is -2.51. The number of unbranched alkanes of at least 4 members (excludes halogenated alkanes) is 3. The number of likely N-dealkylation sites (N-methyl/N-ethyl adjacent to an activating group) is 1. The van der Waals surface area contributed by atoms with Gasteiger partial charge in [0.25, 0.3) is 0 Å². The van der Waals surface area contributed by atoms with Gasteiger partial charge in [0.1, 0.15) is 10.1 Å². The Bertz CT molecular complexity index is 553. The summed E-state index contributed by atoms with van der Waals surface area (Å²) in [5.74, 6) is -0.428. The summed E-state index contributed by atoms with van der Waals surface area (Å²) in [5, 5.41) is 4.23. The van der Waals surface area contributed by atoms with Crippen molar-refractivity contribution in [2.75, 3.05) is 13.6 Å².